The van der Waals surface area contributed by atoms with E-state index >= 15 is 0 Å². The van der Waals surface area contributed by atoms with Gasteiger partial charge in [-0.1, -0.05) is 84.9 Å². The fourth-order valence-corrected chi connectivity index (χ4v) is 6.87. The molecular weight excluding hydrogens is 496 g/mol. The van der Waals surface area contributed by atoms with E-state index in [9.17, 15) is 4.79 Å². The van der Waals surface area contributed by atoms with Crippen LogP contribution in [-0.2, 0) is 36.6 Å². The molecule has 210 valence electrons. The van der Waals surface area contributed by atoms with Crippen LogP contribution in [0.25, 0.3) is 0 Å². The van der Waals surface area contributed by atoms with Crippen LogP contribution >= 0.6 is 0 Å². The highest BCUT2D eigenvalue weighted by molar-refractivity contribution is 5.81. The van der Waals surface area contributed by atoms with E-state index in [-0.39, 0.29) is 17.2 Å². The van der Waals surface area contributed by atoms with Crippen molar-refractivity contribution in [3.63, 3.8) is 0 Å². The Bertz CT molecular complexity index is 1350. The van der Waals surface area contributed by atoms with Crippen molar-refractivity contribution in [2.24, 2.45) is 0 Å². The minimum atomic E-state index is -0.443. The summed E-state index contributed by atoms with van der Waals surface area (Å²) in [4.78, 5) is 26.0. The Labute approximate surface area is 239 Å². The van der Waals surface area contributed by atoms with Crippen molar-refractivity contribution in [2.45, 2.75) is 90.1 Å². The number of carbonyl (C=O) groups is 1. The molecule has 5 heteroatoms. The third kappa shape index (κ3) is 4.60. The smallest absolute Gasteiger partial charge is 0.349 e. The lowest BCUT2D eigenvalue weighted by molar-refractivity contribution is -0.289. The normalized spacial score (nSPS) is 21.2. The second kappa shape index (κ2) is 9.99. The maximum Gasteiger partial charge on any atom is 0.349 e. The molecule has 0 spiro atoms. The largest absolute Gasteiger partial charge is 0.363 e. The van der Waals surface area contributed by atoms with Gasteiger partial charge in [-0.05, 0) is 89.6 Å². The number of rotatable bonds is 7. The summed E-state index contributed by atoms with van der Waals surface area (Å²) < 4.78 is 0. The molecule has 0 bridgehead atoms. The number of nitrogens with zero attached hydrogens (tertiary/aromatic N) is 2. The van der Waals surface area contributed by atoms with E-state index < -0.39 is 17.0 Å². The summed E-state index contributed by atoms with van der Waals surface area (Å²) in [7, 11) is 0. The molecule has 2 aliphatic rings. The number of fused-ring (bicyclic) bond motifs is 2. The first-order valence-electron chi connectivity index (χ1n) is 14.2. The molecule has 40 heavy (non-hydrogen) atoms. The molecule has 1 unspecified atom stereocenters. The van der Waals surface area contributed by atoms with Crippen molar-refractivity contribution in [3.8, 4) is 0 Å². The molecule has 0 N–H and O–H groups in total. The van der Waals surface area contributed by atoms with Gasteiger partial charge < -0.3 is 4.84 Å². The third-order valence-corrected chi connectivity index (χ3v) is 8.71. The second-order valence-electron chi connectivity index (χ2n) is 13.0. The monoisotopic (exact) mass is 538 g/mol. The van der Waals surface area contributed by atoms with Gasteiger partial charge in [0.2, 0.25) is 0 Å². The van der Waals surface area contributed by atoms with Crippen LogP contribution in [0.3, 0.4) is 0 Å². The van der Waals surface area contributed by atoms with Crippen LogP contribution in [0.4, 0.5) is 0 Å². The zero-order valence-electron chi connectivity index (χ0n) is 25.1. The van der Waals surface area contributed by atoms with E-state index in [0.717, 1.165) is 5.56 Å². The zero-order valence-corrected chi connectivity index (χ0v) is 25.1. The lowest BCUT2D eigenvalue weighted by Crippen LogP contribution is -2.46. The molecule has 5 nitrogen and oxygen atoms in total. The van der Waals surface area contributed by atoms with E-state index in [2.05, 4.69) is 109 Å². The second-order valence-corrected chi connectivity index (χ2v) is 13.0. The lowest BCUT2D eigenvalue weighted by atomic mass is 9.91. The van der Waals surface area contributed by atoms with Crippen molar-refractivity contribution in [1.82, 2.24) is 10.1 Å². The lowest BCUT2D eigenvalue weighted by Gasteiger charge is -2.41. The number of carbonyl (C=O) groups excluding carboxylic acids is 1. The van der Waals surface area contributed by atoms with Gasteiger partial charge in [-0.15, -0.1) is 5.06 Å². The Kier molecular flexibility index (Phi) is 7.06. The van der Waals surface area contributed by atoms with Gasteiger partial charge in [0, 0.05) is 6.08 Å². The number of hydrogen-bond acceptors (Lipinski definition) is 5. The summed E-state index contributed by atoms with van der Waals surface area (Å²) in [5.41, 5.74) is 4.40. The van der Waals surface area contributed by atoms with Crippen molar-refractivity contribution in [1.29, 1.82) is 0 Å². The zero-order chi connectivity index (χ0) is 28.9. The van der Waals surface area contributed by atoms with Gasteiger partial charge >= 0.3 is 5.97 Å². The first kappa shape index (κ1) is 28.3. The molecular formula is C35H42N2O3. The predicted octanol–water partition coefficient (Wildman–Crippen LogP) is 8.04. The average molecular weight is 539 g/mol. The van der Waals surface area contributed by atoms with Crippen molar-refractivity contribution in [3.05, 3.63) is 119 Å². The quantitative estimate of drug-likeness (QED) is 0.285. The maximum absolute atomic E-state index is 13.1. The minimum Gasteiger partial charge on any atom is -0.363 e. The summed E-state index contributed by atoms with van der Waals surface area (Å²) in [5, 5.41) is 3.95. The first-order valence-corrected chi connectivity index (χ1v) is 14.2. The maximum atomic E-state index is 13.1. The molecule has 0 saturated carbocycles. The summed E-state index contributed by atoms with van der Waals surface area (Å²) >= 11 is 0. The Hall–Kier alpha value is -3.25. The van der Waals surface area contributed by atoms with Crippen LogP contribution in [0.1, 0.15) is 95.7 Å². The fourth-order valence-electron chi connectivity index (χ4n) is 6.87. The topological polar surface area (TPSA) is 42.0 Å². The molecule has 0 aromatic heterocycles. The van der Waals surface area contributed by atoms with Crippen molar-refractivity contribution >= 4 is 5.97 Å². The SMILES string of the molecule is CC1(C)c2ccccc2C(C)(C)N1OC(=O)/C=C\CC(ON1C(C)(C)c2ccccc2C1(C)C)c1ccccc1. The molecule has 0 fully saturated rings. The number of hydroxylamine groups is 4. The minimum absolute atomic E-state index is 0.276. The van der Waals surface area contributed by atoms with Gasteiger partial charge in [0.05, 0.1) is 22.2 Å². The van der Waals surface area contributed by atoms with Crippen LogP contribution in [0, 0.1) is 0 Å². The van der Waals surface area contributed by atoms with Crippen LogP contribution in [0.5, 0.6) is 0 Å². The fraction of sp³-hybridized carbons (Fsp3) is 0.400. The summed E-state index contributed by atoms with van der Waals surface area (Å²) in [6.45, 7) is 17.2. The van der Waals surface area contributed by atoms with Gasteiger partial charge in [0.25, 0.3) is 0 Å². The van der Waals surface area contributed by atoms with E-state index in [1.807, 2.05) is 41.5 Å². The van der Waals surface area contributed by atoms with Crippen LogP contribution in [0.2, 0.25) is 0 Å². The van der Waals surface area contributed by atoms with Gasteiger partial charge in [-0.3, -0.25) is 4.84 Å². The highest BCUT2D eigenvalue weighted by Gasteiger charge is 2.52. The molecule has 0 amide bonds. The third-order valence-electron chi connectivity index (χ3n) is 8.71. The van der Waals surface area contributed by atoms with Crippen LogP contribution in [-0.4, -0.2) is 16.1 Å². The highest BCUT2D eigenvalue weighted by Crippen LogP contribution is 2.51. The van der Waals surface area contributed by atoms with E-state index in [4.69, 9.17) is 9.68 Å². The average Bonchev–Trinajstić information content (AvgIpc) is 3.17. The standard InChI is InChI=1S/C35H42N2O3/c1-32(2)26-19-12-13-20-27(26)33(3,4)36(32)39-30(25-17-10-9-11-18-25)23-16-24-31(38)40-37-34(5,6)28-21-14-15-22-29(28)35(37,7)8/h9-22,24,30H,23H2,1-8H3/b24-16-. The Morgan fingerprint density at radius 2 is 1.05 bits per heavy atom. The first-order chi connectivity index (χ1) is 18.8. The Morgan fingerprint density at radius 1 is 0.650 bits per heavy atom. The number of hydrogen-bond donors (Lipinski definition) is 0. The molecule has 0 radical (unpaired) electrons. The van der Waals surface area contributed by atoms with Gasteiger partial charge in [0.15, 0.2) is 0 Å². The molecule has 2 heterocycles. The molecule has 1 atom stereocenters. The molecule has 2 aliphatic heterocycles. The van der Waals surface area contributed by atoms with E-state index in [1.54, 1.807) is 0 Å². The molecule has 0 aliphatic carbocycles. The summed E-state index contributed by atoms with van der Waals surface area (Å²) in [6, 6.07) is 27.0. The Morgan fingerprint density at radius 3 is 1.50 bits per heavy atom. The van der Waals surface area contributed by atoms with E-state index in [0.29, 0.717) is 6.42 Å². The van der Waals surface area contributed by atoms with Gasteiger partial charge in [-0.2, -0.15) is 5.06 Å². The predicted molar refractivity (Wildman–Crippen MR) is 159 cm³/mol. The van der Waals surface area contributed by atoms with Gasteiger partial charge in [-0.25, -0.2) is 4.79 Å². The number of benzene rings is 3. The molecule has 3 aromatic rings. The van der Waals surface area contributed by atoms with Crippen LogP contribution < -0.4 is 0 Å². The highest BCUT2D eigenvalue weighted by atomic mass is 16.7. The van der Waals surface area contributed by atoms with Crippen LogP contribution in [0.15, 0.2) is 91.0 Å². The summed E-state index contributed by atoms with van der Waals surface area (Å²) in [5.74, 6) is -0.394. The molecule has 0 saturated heterocycles. The van der Waals surface area contributed by atoms with E-state index in [1.165, 1.54) is 28.3 Å². The Balaban J connectivity index is 1.35. The van der Waals surface area contributed by atoms with Gasteiger partial charge in [0.1, 0.15) is 6.10 Å². The van der Waals surface area contributed by atoms with Crippen molar-refractivity contribution < 1.29 is 14.5 Å². The summed E-state index contributed by atoms with van der Waals surface area (Å²) in [6.07, 6.45) is 3.64. The van der Waals surface area contributed by atoms with Crippen molar-refractivity contribution in [2.75, 3.05) is 0 Å². The molecule has 5 rings (SSSR count). The molecule has 3 aromatic carbocycles.